The largest absolute Gasteiger partial charge is 0.345 e. The molecule has 0 saturated carbocycles. The number of rotatable bonds is 5. The summed E-state index contributed by atoms with van der Waals surface area (Å²) in [4.78, 5) is 23.6. The molecule has 4 heteroatoms. The van der Waals surface area contributed by atoms with Crippen LogP contribution in [0.2, 0.25) is 5.02 Å². The van der Waals surface area contributed by atoms with E-state index in [0.717, 1.165) is 5.56 Å². The lowest BCUT2D eigenvalue weighted by Crippen LogP contribution is -2.24. The lowest BCUT2D eigenvalue weighted by Gasteiger charge is -2.01. The van der Waals surface area contributed by atoms with Gasteiger partial charge in [-0.2, -0.15) is 0 Å². The summed E-state index contributed by atoms with van der Waals surface area (Å²) in [5.74, 6) is 5.51. The van der Waals surface area contributed by atoms with Gasteiger partial charge in [0.25, 0.3) is 0 Å². The molecule has 0 aliphatic carbocycles. The lowest BCUT2D eigenvalue weighted by molar-refractivity contribution is -0.120. The van der Waals surface area contributed by atoms with E-state index in [1.165, 1.54) is 0 Å². The predicted octanol–water partition coefficient (Wildman–Crippen LogP) is 3.47. The number of hydrogen-bond donors (Lipinski definition) is 1. The van der Waals surface area contributed by atoms with Crippen LogP contribution in [0.3, 0.4) is 0 Å². The van der Waals surface area contributed by atoms with E-state index in [1.807, 2.05) is 24.3 Å². The molecule has 2 rings (SSSR count). The summed E-state index contributed by atoms with van der Waals surface area (Å²) >= 11 is 5.98. The zero-order chi connectivity index (χ0) is 16.5. The molecule has 3 nitrogen and oxygen atoms in total. The number of hydrogen-bond acceptors (Lipinski definition) is 2. The first-order valence-corrected chi connectivity index (χ1v) is 7.63. The number of Topliss-reactive ketones (excluding diaryl/α,β-unsaturated/α-hetero) is 1. The van der Waals surface area contributed by atoms with Gasteiger partial charge < -0.3 is 5.32 Å². The van der Waals surface area contributed by atoms with Crippen LogP contribution < -0.4 is 5.32 Å². The Kier molecular flexibility index (Phi) is 6.40. The van der Waals surface area contributed by atoms with Crippen LogP contribution in [0.1, 0.15) is 28.8 Å². The summed E-state index contributed by atoms with van der Waals surface area (Å²) < 4.78 is 0. The predicted molar refractivity (Wildman–Crippen MR) is 91.3 cm³/mol. The SMILES string of the molecule is O=C(CCC(=O)c1ccccc1)NCC#Cc1ccccc1Cl. The Balaban J connectivity index is 1.74. The molecule has 2 aromatic rings. The third kappa shape index (κ3) is 5.61. The van der Waals surface area contributed by atoms with Crippen LogP contribution in [0.5, 0.6) is 0 Å². The molecular weight excluding hydrogens is 310 g/mol. The number of benzene rings is 2. The van der Waals surface area contributed by atoms with Gasteiger partial charge in [0.15, 0.2) is 5.78 Å². The van der Waals surface area contributed by atoms with E-state index in [2.05, 4.69) is 17.2 Å². The molecule has 0 fully saturated rings. The van der Waals surface area contributed by atoms with Crippen LogP contribution in [-0.4, -0.2) is 18.2 Å². The Bertz CT molecular complexity index is 745. The third-order valence-electron chi connectivity index (χ3n) is 3.15. The normalized spacial score (nSPS) is 9.61. The minimum Gasteiger partial charge on any atom is -0.345 e. The van der Waals surface area contributed by atoms with Crippen LogP contribution in [0, 0.1) is 11.8 Å². The second kappa shape index (κ2) is 8.77. The highest BCUT2D eigenvalue weighted by atomic mass is 35.5. The van der Waals surface area contributed by atoms with Crippen molar-refractivity contribution in [1.82, 2.24) is 5.32 Å². The Morgan fingerprint density at radius 2 is 1.65 bits per heavy atom. The van der Waals surface area contributed by atoms with Gasteiger partial charge in [0.2, 0.25) is 5.91 Å². The minimum absolute atomic E-state index is 0.0390. The van der Waals surface area contributed by atoms with Gasteiger partial charge in [0, 0.05) is 24.0 Å². The molecule has 0 heterocycles. The van der Waals surface area contributed by atoms with E-state index >= 15 is 0 Å². The Hall–Kier alpha value is -2.57. The van der Waals surface area contributed by atoms with Gasteiger partial charge >= 0.3 is 0 Å². The fourth-order valence-electron chi connectivity index (χ4n) is 1.93. The van der Waals surface area contributed by atoms with E-state index in [4.69, 9.17) is 11.6 Å². The van der Waals surface area contributed by atoms with Crippen LogP contribution in [-0.2, 0) is 4.79 Å². The summed E-state index contributed by atoms with van der Waals surface area (Å²) in [7, 11) is 0. The second-order valence-corrected chi connectivity index (χ2v) is 5.25. The highest BCUT2D eigenvalue weighted by molar-refractivity contribution is 6.31. The van der Waals surface area contributed by atoms with Gasteiger partial charge in [-0.05, 0) is 12.1 Å². The topological polar surface area (TPSA) is 46.2 Å². The molecule has 0 aromatic heterocycles. The molecule has 0 unspecified atom stereocenters. The summed E-state index contributed by atoms with van der Waals surface area (Å²) in [5, 5.41) is 3.25. The van der Waals surface area contributed by atoms with Gasteiger partial charge in [-0.25, -0.2) is 0 Å². The van der Waals surface area contributed by atoms with Crippen LogP contribution in [0.25, 0.3) is 0 Å². The molecule has 0 atom stereocenters. The monoisotopic (exact) mass is 325 g/mol. The van der Waals surface area contributed by atoms with Gasteiger partial charge in [0.05, 0.1) is 11.6 Å². The van der Waals surface area contributed by atoms with E-state index in [1.54, 1.807) is 30.3 Å². The van der Waals surface area contributed by atoms with Crippen molar-refractivity contribution in [1.29, 1.82) is 0 Å². The molecule has 0 bridgehead atoms. The van der Waals surface area contributed by atoms with Gasteiger partial charge in [-0.15, -0.1) is 0 Å². The summed E-state index contributed by atoms with van der Waals surface area (Å²) in [6, 6.07) is 16.2. The molecule has 0 aliphatic rings. The Morgan fingerprint density at radius 3 is 2.39 bits per heavy atom. The number of halogens is 1. The highest BCUT2D eigenvalue weighted by Gasteiger charge is 2.08. The second-order valence-electron chi connectivity index (χ2n) is 4.85. The number of ketones is 1. The van der Waals surface area contributed by atoms with Crippen molar-refractivity contribution in [2.45, 2.75) is 12.8 Å². The molecule has 116 valence electrons. The fourth-order valence-corrected chi connectivity index (χ4v) is 2.11. The average molecular weight is 326 g/mol. The summed E-state index contributed by atoms with van der Waals surface area (Å²) in [6.45, 7) is 0.226. The van der Waals surface area contributed by atoms with Gasteiger partial charge in [-0.3, -0.25) is 9.59 Å². The number of carbonyl (C=O) groups is 2. The molecule has 1 N–H and O–H groups in total. The first-order valence-electron chi connectivity index (χ1n) is 7.25. The number of carbonyl (C=O) groups excluding carboxylic acids is 2. The lowest BCUT2D eigenvalue weighted by atomic mass is 10.1. The first kappa shape index (κ1) is 16.8. The van der Waals surface area contributed by atoms with Crippen molar-refractivity contribution >= 4 is 23.3 Å². The molecule has 0 spiro atoms. The van der Waals surface area contributed by atoms with Crippen LogP contribution >= 0.6 is 11.6 Å². The van der Waals surface area contributed by atoms with Crippen molar-refractivity contribution in [3.05, 3.63) is 70.7 Å². The maximum Gasteiger partial charge on any atom is 0.221 e. The van der Waals surface area contributed by atoms with Crippen LogP contribution in [0.15, 0.2) is 54.6 Å². The fraction of sp³-hybridized carbons (Fsp3) is 0.158. The first-order chi connectivity index (χ1) is 11.2. The van der Waals surface area contributed by atoms with Crippen molar-refractivity contribution in [2.75, 3.05) is 6.54 Å². The van der Waals surface area contributed by atoms with E-state index in [9.17, 15) is 9.59 Å². The number of amides is 1. The maximum absolute atomic E-state index is 11.9. The highest BCUT2D eigenvalue weighted by Crippen LogP contribution is 2.12. The summed E-state index contributed by atoms with van der Waals surface area (Å²) in [5.41, 5.74) is 1.35. The molecular formula is C19H16ClNO2. The van der Waals surface area contributed by atoms with Crippen molar-refractivity contribution in [3.8, 4) is 11.8 Å². The molecule has 23 heavy (non-hydrogen) atoms. The standard InChI is InChI=1S/C19H16ClNO2/c20-17-11-5-4-7-15(17)10-6-14-21-19(23)13-12-18(22)16-8-2-1-3-9-16/h1-5,7-9,11H,12-14H2,(H,21,23). The Morgan fingerprint density at radius 1 is 0.957 bits per heavy atom. The minimum atomic E-state index is -0.192. The zero-order valence-electron chi connectivity index (χ0n) is 12.5. The smallest absolute Gasteiger partial charge is 0.221 e. The summed E-state index contributed by atoms with van der Waals surface area (Å²) in [6.07, 6.45) is 0.343. The molecule has 2 aromatic carbocycles. The zero-order valence-corrected chi connectivity index (χ0v) is 13.3. The van der Waals surface area contributed by atoms with Crippen molar-refractivity contribution in [3.63, 3.8) is 0 Å². The molecule has 0 aliphatic heterocycles. The quantitative estimate of drug-likeness (QED) is 0.676. The van der Waals surface area contributed by atoms with Crippen LogP contribution in [0.4, 0.5) is 0 Å². The van der Waals surface area contributed by atoms with E-state index < -0.39 is 0 Å². The molecule has 0 radical (unpaired) electrons. The van der Waals surface area contributed by atoms with Crippen molar-refractivity contribution in [2.24, 2.45) is 0 Å². The number of nitrogens with one attached hydrogen (secondary N) is 1. The van der Waals surface area contributed by atoms with Crippen molar-refractivity contribution < 1.29 is 9.59 Å². The van der Waals surface area contributed by atoms with Gasteiger partial charge in [0.1, 0.15) is 0 Å². The average Bonchev–Trinajstić information content (AvgIpc) is 2.59. The third-order valence-corrected chi connectivity index (χ3v) is 3.48. The molecule has 1 amide bonds. The Labute approximate surface area is 140 Å². The van der Waals surface area contributed by atoms with E-state index in [-0.39, 0.29) is 31.1 Å². The molecule has 0 saturated heterocycles. The maximum atomic E-state index is 11.9. The van der Waals surface area contributed by atoms with E-state index in [0.29, 0.717) is 10.6 Å². The van der Waals surface area contributed by atoms with Gasteiger partial charge in [-0.1, -0.05) is 65.9 Å².